The Morgan fingerprint density at radius 3 is 1.05 bits per heavy atom. The molecule has 0 unspecified atom stereocenters. The lowest BCUT2D eigenvalue weighted by Gasteiger charge is -2.18. The zero-order valence-electron chi connectivity index (χ0n) is 41.8. The molecule has 0 aromatic heterocycles. The molecule has 0 heterocycles. The van der Waals surface area contributed by atoms with Crippen molar-refractivity contribution in [2.45, 2.75) is 252 Å². The summed E-state index contributed by atoms with van der Waals surface area (Å²) in [5, 5.41) is 0. The second kappa shape index (κ2) is 52.2. The van der Waals surface area contributed by atoms with Crippen LogP contribution in [0, 0.1) is 0 Å². The van der Waals surface area contributed by atoms with Gasteiger partial charge in [0.05, 0.1) is 0 Å². The minimum absolute atomic E-state index is 0.102. The zero-order chi connectivity index (χ0) is 46.5. The number of esters is 3. The summed E-state index contributed by atoms with van der Waals surface area (Å²) in [7, 11) is 0. The molecular weight excluding hydrogens is 793 g/mol. The normalized spacial score (nSPS) is 12.7. The molecule has 0 rings (SSSR count). The molecule has 366 valence electrons. The third kappa shape index (κ3) is 49.6. The van der Waals surface area contributed by atoms with Gasteiger partial charge in [0.15, 0.2) is 6.10 Å². The monoisotopic (exact) mass is 891 g/mol. The van der Waals surface area contributed by atoms with Crippen LogP contribution in [0.5, 0.6) is 0 Å². The van der Waals surface area contributed by atoms with Crippen molar-refractivity contribution in [3.05, 3.63) is 85.1 Å². The second-order valence-corrected chi connectivity index (χ2v) is 17.4. The number of unbranched alkanes of at least 4 members (excludes halogenated alkanes) is 22. The lowest BCUT2D eigenvalue weighted by molar-refractivity contribution is -0.167. The van der Waals surface area contributed by atoms with E-state index in [1.165, 1.54) is 96.3 Å². The van der Waals surface area contributed by atoms with Gasteiger partial charge in [0.2, 0.25) is 0 Å². The molecule has 0 saturated heterocycles. The molecule has 0 aromatic rings. The average Bonchev–Trinajstić information content (AvgIpc) is 3.29. The van der Waals surface area contributed by atoms with E-state index < -0.39 is 6.10 Å². The van der Waals surface area contributed by atoms with Crippen molar-refractivity contribution < 1.29 is 28.6 Å². The number of hydrogen-bond acceptors (Lipinski definition) is 6. The average molecular weight is 891 g/mol. The summed E-state index contributed by atoms with van der Waals surface area (Å²) < 4.78 is 16.7. The highest BCUT2D eigenvalue weighted by Gasteiger charge is 2.19. The summed E-state index contributed by atoms with van der Waals surface area (Å²) >= 11 is 0. The van der Waals surface area contributed by atoms with Gasteiger partial charge in [0, 0.05) is 19.3 Å². The zero-order valence-corrected chi connectivity index (χ0v) is 41.8. The van der Waals surface area contributed by atoms with Gasteiger partial charge >= 0.3 is 17.9 Å². The second-order valence-electron chi connectivity index (χ2n) is 17.4. The van der Waals surface area contributed by atoms with E-state index in [-0.39, 0.29) is 37.5 Å². The molecule has 64 heavy (non-hydrogen) atoms. The van der Waals surface area contributed by atoms with Crippen molar-refractivity contribution >= 4 is 17.9 Å². The van der Waals surface area contributed by atoms with Gasteiger partial charge in [-0.1, -0.05) is 202 Å². The molecule has 6 heteroatoms. The van der Waals surface area contributed by atoms with Crippen molar-refractivity contribution in [2.75, 3.05) is 13.2 Å². The summed E-state index contributed by atoms with van der Waals surface area (Å²) in [5.41, 5.74) is 0. The van der Waals surface area contributed by atoms with Crippen molar-refractivity contribution in [3.63, 3.8) is 0 Å². The van der Waals surface area contributed by atoms with Crippen LogP contribution < -0.4 is 0 Å². The minimum atomic E-state index is -0.807. The predicted molar refractivity (Wildman–Crippen MR) is 274 cm³/mol. The molecule has 0 aliphatic rings. The minimum Gasteiger partial charge on any atom is -0.462 e. The van der Waals surface area contributed by atoms with Gasteiger partial charge in [-0.05, 0) is 109 Å². The highest BCUT2D eigenvalue weighted by molar-refractivity contribution is 5.71. The maximum Gasteiger partial charge on any atom is 0.306 e. The summed E-state index contributed by atoms with van der Waals surface area (Å²) in [6.07, 6.45) is 67.1. The van der Waals surface area contributed by atoms with Crippen LogP contribution in [0.1, 0.15) is 245 Å². The molecule has 0 aromatic carbocycles. The highest BCUT2D eigenvalue weighted by Crippen LogP contribution is 2.13. The molecule has 1 atom stereocenters. The molecule has 0 fully saturated rings. The number of carbonyl (C=O) groups is 3. The van der Waals surface area contributed by atoms with Crippen molar-refractivity contribution in [1.82, 2.24) is 0 Å². The van der Waals surface area contributed by atoms with Gasteiger partial charge in [-0.25, -0.2) is 0 Å². The van der Waals surface area contributed by atoms with Gasteiger partial charge in [-0.15, -0.1) is 0 Å². The van der Waals surface area contributed by atoms with E-state index in [1.807, 2.05) is 0 Å². The van der Waals surface area contributed by atoms with Crippen LogP contribution >= 0.6 is 0 Å². The van der Waals surface area contributed by atoms with Crippen LogP contribution in [0.2, 0.25) is 0 Å². The molecule has 0 spiro atoms. The molecular formula is C58H98O6. The Morgan fingerprint density at radius 2 is 0.625 bits per heavy atom. The molecule has 0 radical (unpaired) electrons. The summed E-state index contributed by atoms with van der Waals surface area (Å²) in [5.74, 6) is -0.979. The Morgan fingerprint density at radius 1 is 0.328 bits per heavy atom. The summed E-state index contributed by atoms with van der Waals surface area (Å²) in [6, 6.07) is 0. The molecule has 0 N–H and O–H groups in total. The van der Waals surface area contributed by atoms with Crippen LogP contribution in [0.4, 0.5) is 0 Å². The van der Waals surface area contributed by atoms with Crippen LogP contribution in [0.3, 0.4) is 0 Å². The Labute approximate surface area is 395 Å². The maximum atomic E-state index is 12.8. The van der Waals surface area contributed by atoms with Gasteiger partial charge in [0.1, 0.15) is 13.2 Å². The fourth-order valence-electron chi connectivity index (χ4n) is 7.11. The predicted octanol–water partition coefficient (Wildman–Crippen LogP) is 17.6. The summed E-state index contributed by atoms with van der Waals surface area (Å²) in [4.78, 5) is 38.0. The Kier molecular flexibility index (Phi) is 49.4. The van der Waals surface area contributed by atoms with E-state index >= 15 is 0 Å². The molecule has 0 saturated carbocycles. The van der Waals surface area contributed by atoms with E-state index in [2.05, 4.69) is 106 Å². The smallest absolute Gasteiger partial charge is 0.306 e. The van der Waals surface area contributed by atoms with Crippen LogP contribution in [-0.2, 0) is 28.6 Å². The largest absolute Gasteiger partial charge is 0.462 e. The number of hydrogen-bond donors (Lipinski definition) is 0. The van der Waals surface area contributed by atoms with Crippen molar-refractivity contribution in [3.8, 4) is 0 Å². The third-order valence-corrected chi connectivity index (χ3v) is 11.1. The van der Waals surface area contributed by atoms with Gasteiger partial charge < -0.3 is 14.2 Å². The van der Waals surface area contributed by atoms with E-state index in [9.17, 15) is 14.4 Å². The Balaban J connectivity index is 4.50. The molecule has 0 bridgehead atoms. The SMILES string of the molecule is CC/C=C\C/C=C\C/C=C\C/C=C\C/C=C\CCCC(=O)OC[C@@H](COC(=O)CCCCCCC/C=C\CCCCCC)OC(=O)CCCCCCC/C=C\CCCCCCCCC. The lowest BCUT2D eigenvalue weighted by Crippen LogP contribution is -2.30. The quantitative estimate of drug-likeness (QED) is 0.0262. The van der Waals surface area contributed by atoms with E-state index in [1.54, 1.807) is 0 Å². The van der Waals surface area contributed by atoms with E-state index in [0.717, 1.165) is 103 Å². The molecule has 0 amide bonds. The number of rotatable bonds is 47. The Bertz CT molecular complexity index is 1250. The number of ether oxygens (including phenoxy) is 3. The molecule has 0 aliphatic heterocycles. The van der Waals surface area contributed by atoms with Crippen molar-refractivity contribution in [2.24, 2.45) is 0 Å². The topological polar surface area (TPSA) is 78.9 Å². The van der Waals surface area contributed by atoms with Crippen LogP contribution in [0.25, 0.3) is 0 Å². The first-order valence-corrected chi connectivity index (χ1v) is 26.6. The van der Waals surface area contributed by atoms with E-state index in [4.69, 9.17) is 14.2 Å². The van der Waals surface area contributed by atoms with E-state index in [0.29, 0.717) is 19.3 Å². The number of allylic oxidation sites excluding steroid dienone is 14. The first kappa shape index (κ1) is 60.6. The van der Waals surface area contributed by atoms with Gasteiger partial charge in [-0.2, -0.15) is 0 Å². The van der Waals surface area contributed by atoms with Crippen LogP contribution in [-0.4, -0.2) is 37.2 Å². The lowest BCUT2D eigenvalue weighted by atomic mass is 10.1. The van der Waals surface area contributed by atoms with Crippen LogP contribution in [0.15, 0.2) is 85.1 Å². The Hall–Kier alpha value is -3.41. The van der Waals surface area contributed by atoms with Gasteiger partial charge in [-0.3, -0.25) is 14.4 Å². The maximum absolute atomic E-state index is 12.8. The standard InChI is InChI=1S/C58H98O6/c1-4-7-10-13-16-19-22-25-27-29-31-33-36-39-42-45-48-51-57(60)63-54-55(53-62-56(59)50-47-44-41-38-35-32-24-21-18-15-12-9-6-3)64-58(61)52-49-46-43-40-37-34-30-28-26-23-20-17-14-11-8-5-2/h7,10,16,19,21,24-25,27-28,30-31,33,39,42,55H,4-6,8-9,11-15,17-18,20,22-23,26,29,32,34-38,40-41,43-54H2,1-3H3/b10-7-,19-16-,24-21-,27-25-,30-28-,33-31-,42-39-/t55-/m1/s1. The molecule has 0 aliphatic carbocycles. The summed E-state index contributed by atoms with van der Waals surface area (Å²) in [6.45, 7) is 6.44. The molecule has 6 nitrogen and oxygen atoms in total. The van der Waals surface area contributed by atoms with Crippen molar-refractivity contribution in [1.29, 1.82) is 0 Å². The third-order valence-electron chi connectivity index (χ3n) is 11.1. The highest BCUT2D eigenvalue weighted by atomic mass is 16.6. The van der Waals surface area contributed by atoms with Gasteiger partial charge in [0.25, 0.3) is 0 Å². The first-order valence-electron chi connectivity index (χ1n) is 26.6. The first-order chi connectivity index (χ1) is 31.5. The fourth-order valence-corrected chi connectivity index (χ4v) is 7.11. The fraction of sp³-hybridized carbons (Fsp3) is 0.707. The number of carbonyl (C=O) groups excluding carboxylic acids is 3.